The van der Waals surface area contributed by atoms with Gasteiger partial charge in [0, 0.05) is 12.2 Å². The van der Waals surface area contributed by atoms with Crippen LogP contribution in [0.3, 0.4) is 0 Å². The van der Waals surface area contributed by atoms with Crippen molar-refractivity contribution in [1.29, 1.82) is 0 Å². The molecule has 0 aliphatic carbocycles. The smallest absolute Gasteiger partial charge is 0.175 e. The molecule has 0 bridgehead atoms. The predicted molar refractivity (Wildman–Crippen MR) is 74.0 cm³/mol. The summed E-state index contributed by atoms with van der Waals surface area (Å²) in [6, 6.07) is 5.03. The Balaban J connectivity index is 2.01. The fraction of sp³-hybridized carbons (Fsp3) is 0.462. The highest BCUT2D eigenvalue weighted by Gasteiger charge is 2.26. The zero-order chi connectivity index (χ0) is 13.6. The molecule has 1 atom stereocenters. The Hall–Kier alpha value is -1.40. The summed E-state index contributed by atoms with van der Waals surface area (Å²) in [5, 5.41) is 3.25. The number of hydrogen-bond acceptors (Lipinski definition) is 4. The van der Waals surface area contributed by atoms with Gasteiger partial charge in [-0.05, 0) is 37.2 Å². The molecule has 19 heavy (non-hydrogen) atoms. The third-order valence-electron chi connectivity index (χ3n) is 3.85. The molecule has 2 heterocycles. The fourth-order valence-corrected chi connectivity index (χ4v) is 2.99. The molecule has 1 saturated heterocycles. The maximum absolute atomic E-state index is 11.5. The van der Waals surface area contributed by atoms with Crippen molar-refractivity contribution in [1.82, 2.24) is 15.3 Å². The van der Waals surface area contributed by atoms with Crippen LogP contribution >= 0.6 is 0 Å². The van der Waals surface area contributed by atoms with Crippen LogP contribution in [0.1, 0.15) is 18.7 Å². The molecule has 5 nitrogen and oxygen atoms in total. The topological polar surface area (TPSA) is 74.8 Å². The first-order chi connectivity index (χ1) is 8.95. The first-order valence-electron chi connectivity index (χ1n) is 6.35. The van der Waals surface area contributed by atoms with Crippen LogP contribution in [0.25, 0.3) is 11.0 Å². The zero-order valence-corrected chi connectivity index (χ0v) is 11.8. The van der Waals surface area contributed by atoms with Crippen molar-refractivity contribution < 1.29 is 8.42 Å². The Morgan fingerprint density at radius 1 is 1.37 bits per heavy atom. The maximum Gasteiger partial charge on any atom is 0.175 e. The molecule has 1 aliphatic rings. The zero-order valence-electron chi connectivity index (χ0n) is 11.0. The summed E-state index contributed by atoms with van der Waals surface area (Å²) in [7, 11) is -3.17. The van der Waals surface area contributed by atoms with E-state index in [2.05, 4.69) is 22.2 Å². The van der Waals surface area contributed by atoms with Crippen LogP contribution in [-0.2, 0) is 9.84 Å². The third-order valence-corrected chi connectivity index (χ3v) is 4.96. The van der Waals surface area contributed by atoms with Crippen LogP contribution in [0.15, 0.2) is 23.1 Å². The second-order valence-electron chi connectivity index (χ2n) is 5.28. The van der Waals surface area contributed by atoms with Gasteiger partial charge in [0.05, 0.1) is 15.9 Å². The van der Waals surface area contributed by atoms with E-state index in [-0.39, 0.29) is 0 Å². The number of nitrogens with zero attached hydrogens (tertiary/aromatic N) is 1. The van der Waals surface area contributed by atoms with Gasteiger partial charge in [-0.25, -0.2) is 13.4 Å². The number of H-pyrrole nitrogens is 1. The number of imidazole rings is 1. The van der Waals surface area contributed by atoms with E-state index in [0.29, 0.717) is 16.7 Å². The average molecular weight is 279 g/mol. The standard InChI is InChI=1S/C13H17N3O2S/c1-8(9-6-14-7-9)13-15-11-4-3-10(19(2,17)18)5-12(11)16-13/h3-5,8-9,14H,6-7H2,1-2H3,(H,15,16). The summed E-state index contributed by atoms with van der Waals surface area (Å²) < 4.78 is 23.1. The first-order valence-corrected chi connectivity index (χ1v) is 8.25. The van der Waals surface area contributed by atoms with Gasteiger partial charge in [-0.3, -0.25) is 0 Å². The summed E-state index contributed by atoms with van der Waals surface area (Å²) in [6.07, 6.45) is 1.22. The number of aromatic amines is 1. The Kier molecular flexibility index (Phi) is 2.87. The van der Waals surface area contributed by atoms with Gasteiger partial charge in [0.1, 0.15) is 5.82 Å². The van der Waals surface area contributed by atoms with Gasteiger partial charge in [-0.15, -0.1) is 0 Å². The quantitative estimate of drug-likeness (QED) is 0.888. The first kappa shape index (κ1) is 12.6. The summed E-state index contributed by atoms with van der Waals surface area (Å²) in [4.78, 5) is 8.14. The third kappa shape index (κ3) is 2.26. The predicted octanol–water partition coefficient (Wildman–Crippen LogP) is 1.29. The van der Waals surface area contributed by atoms with Gasteiger partial charge in [0.2, 0.25) is 0 Å². The molecular formula is C13H17N3O2S. The molecule has 0 amide bonds. The number of nitrogens with one attached hydrogen (secondary N) is 2. The molecule has 1 aliphatic heterocycles. The molecule has 0 saturated carbocycles. The molecule has 102 valence electrons. The maximum atomic E-state index is 11.5. The van der Waals surface area contributed by atoms with Crippen molar-refractivity contribution in [2.24, 2.45) is 5.92 Å². The Morgan fingerprint density at radius 2 is 2.11 bits per heavy atom. The van der Waals surface area contributed by atoms with E-state index in [4.69, 9.17) is 0 Å². The van der Waals surface area contributed by atoms with Crippen LogP contribution < -0.4 is 5.32 Å². The number of hydrogen-bond donors (Lipinski definition) is 2. The molecule has 6 heteroatoms. The molecule has 2 N–H and O–H groups in total. The number of rotatable bonds is 3. The van der Waals surface area contributed by atoms with Gasteiger partial charge >= 0.3 is 0 Å². The van der Waals surface area contributed by atoms with Gasteiger partial charge in [0.15, 0.2) is 9.84 Å². The van der Waals surface area contributed by atoms with Crippen LogP contribution in [0, 0.1) is 5.92 Å². The summed E-state index contributed by atoms with van der Waals surface area (Å²) >= 11 is 0. The molecule has 0 radical (unpaired) electrons. The molecule has 1 unspecified atom stereocenters. The molecule has 3 rings (SSSR count). The minimum Gasteiger partial charge on any atom is -0.342 e. The van der Waals surface area contributed by atoms with Crippen molar-refractivity contribution >= 4 is 20.9 Å². The number of aromatic nitrogens is 2. The molecule has 1 aromatic carbocycles. The van der Waals surface area contributed by atoms with Gasteiger partial charge in [-0.2, -0.15) is 0 Å². The number of sulfone groups is 1. The lowest BCUT2D eigenvalue weighted by Crippen LogP contribution is -2.44. The highest BCUT2D eigenvalue weighted by atomic mass is 32.2. The minimum absolute atomic E-state index is 0.327. The molecule has 1 fully saturated rings. The van der Waals surface area contributed by atoms with Crippen LogP contribution in [-0.4, -0.2) is 37.7 Å². The highest BCUT2D eigenvalue weighted by molar-refractivity contribution is 7.90. The Labute approximate surface area is 112 Å². The second kappa shape index (κ2) is 4.31. The lowest BCUT2D eigenvalue weighted by atomic mass is 9.88. The van der Waals surface area contributed by atoms with E-state index in [1.165, 1.54) is 6.26 Å². The van der Waals surface area contributed by atoms with Crippen LogP contribution in [0.5, 0.6) is 0 Å². The Morgan fingerprint density at radius 3 is 2.68 bits per heavy atom. The van der Waals surface area contributed by atoms with Gasteiger partial charge < -0.3 is 10.3 Å². The van der Waals surface area contributed by atoms with Crippen molar-refractivity contribution in [2.45, 2.75) is 17.7 Å². The van der Waals surface area contributed by atoms with E-state index in [9.17, 15) is 8.42 Å². The van der Waals surface area contributed by atoms with Gasteiger partial charge in [-0.1, -0.05) is 6.92 Å². The minimum atomic E-state index is -3.17. The normalized spacial score (nSPS) is 18.4. The SMILES string of the molecule is CC(c1nc2ccc(S(C)(=O)=O)cc2[nH]1)C1CNC1. The largest absolute Gasteiger partial charge is 0.342 e. The second-order valence-corrected chi connectivity index (χ2v) is 7.30. The van der Waals surface area contributed by atoms with E-state index >= 15 is 0 Å². The van der Waals surface area contributed by atoms with E-state index in [1.54, 1.807) is 18.2 Å². The molecule has 0 spiro atoms. The van der Waals surface area contributed by atoms with Crippen molar-refractivity contribution in [3.8, 4) is 0 Å². The average Bonchev–Trinajstić information content (AvgIpc) is 2.67. The highest BCUT2D eigenvalue weighted by Crippen LogP contribution is 2.27. The molecule has 2 aromatic rings. The molecule has 1 aromatic heterocycles. The number of benzene rings is 1. The van der Waals surface area contributed by atoms with Gasteiger partial charge in [0.25, 0.3) is 0 Å². The summed E-state index contributed by atoms with van der Waals surface area (Å²) in [5.41, 5.74) is 1.61. The van der Waals surface area contributed by atoms with Crippen LogP contribution in [0.2, 0.25) is 0 Å². The van der Waals surface area contributed by atoms with E-state index in [1.807, 2.05) is 0 Å². The van der Waals surface area contributed by atoms with Crippen molar-refractivity contribution in [3.63, 3.8) is 0 Å². The summed E-state index contributed by atoms with van der Waals surface area (Å²) in [6.45, 7) is 4.19. The Bertz CT molecular complexity index is 717. The monoisotopic (exact) mass is 279 g/mol. The number of fused-ring (bicyclic) bond motifs is 1. The van der Waals surface area contributed by atoms with Crippen LogP contribution in [0.4, 0.5) is 0 Å². The van der Waals surface area contributed by atoms with Crippen molar-refractivity contribution in [3.05, 3.63) is 24.0 Å². The fourth-order valence-electron chi connectivity index (χ4n) is 2.34. The van der Waals surface area contributed by atoms with E-state index < -0.39 is 9.84 Å². The lowest BCUT2D eigenvalue weighted by Gasteiger charge is -2.31. The lowest BCUT2D eigenvalue weighted by molar-refractivity contribution is 0.297. The molecular weight excluding hydrogens is 262 g/mol. The summed E-state index contributed by atoms with van der Waals surface area (Å²) in [5.74, 6) is 1.90. The van der Waals surface area contributed by atoms with E-state index in [0.717, 1.165) is 29.9 Å². The van der Waals surface area contributed by atoms with Crippen molar-refractivity contribution in [2.75, 3.05) is 19.3 Å².